The van der Waals surface area contributed by atoms with Crippen molar-refractivity contribution in [3.05, 3.63) is 0 Å². The summed E-state index contributed by atoms with van der Waals surface area (Å²) in [5.74, 6) is 1.02. The van der Waals surface area contributed by atoms with E-state index >= 15 is 0 Å². The van der Waals surface area contributed by atoms with Crippen LogP contribution in [0.5, 0.6) is 0 Å². The average molecular weight is 366 g/mol. The van der Waals surface area contributed by atoms with E-state index in [0.29, 0.717) is 12.1 Å². The highest BCUT2D eigenvalue weighted by molar-refractivity contribution is 5.80. The van der Waals surface area contributed by atoms with E-state index in [1.807, 2.05) is 0 Å². The Labute approximate surface area is 162 Å². The molecule has 2 aliphatic heterocycles. The van der Waals surface area contributed by atoms with Crippen LogP contribution in [0, 0.1) is 0 Å². The molecule has 0 aromatic carbocycles. The molecule has 26 heavy (non-hydrogen) atoms. The topological polar surface area (TPSA) is 42.9 Å². The molecule has 152 valence electrons. The van der Waals surface area contributed by atoms with Gasteiger partial charge in [0, 0.05) is 44.3 Å². The molecule has 2 N–H and O–H groups in total. The van der Waals surface area contributed by atoms with Crippen LogP contribution in [-0.2, 0) is 0 Å². The molecule has 5 heteroatoms. The number of guanidine groups is 1. The van der Waals surface area contributed by atoms with Crippen molar-refractivity contribution in [2.75, 3.05) is 39.3 Å². The first-order valence-electron chi connectivity index (χ1n) is 11.1. The normalized spacial score (nSPS) is 24.2. The molecular weight excluding hydrogens is 322 g/mol. The van der Waals surface area contributed by atoms with Crippen LogP contribution in [0.25, 0.3) is 0 Å². The van der Waals surface area contributed by atoms with E-state index in [2.05, 4.69) is 48.1 Å². The summed E-state index contributed by atoms with van der Waals surface area (Å²) in [7, 11) is 0. The van der Waals surface area contributed by atoms with Crippen LogP contribution in [0.15, 0.2) is 4.99 Å². The Morgan fingerprint density at radius 1 is 1.08 bits per heavy atom. The fourth-order valence-electron chi connectivity index (χ4n) is 4.18. The van der Waals surface area contributed by atoms with Crippen LogP contribution in [0.1, 0.15) is 72.6 Å². The largest absolute Gasteiger partial charge is 0.357 e. The predicted molar refractivity (Wildman–Crippen MR) is 113 cm³/mol. The van der Waals surface area contributed by atoms with Gasteiger partial charge in [-0.15, -0.1) is 0 Å². The lowest BCUT2D eigenvalue weighted by molar-refractivity contribution is 0.158. The van der Waals surface area contributed by atoms with Crippen LogP contribution in [-0.4, -0.2) is 73.2 Å². The van der Waals surface area contributed by atoms with Gasteiger partial charge in [-0.05, 0) is 79.3 Å². The SMILES string of the molecule is CCNC(=NCCCCN1CCCCC1C)NC1CCN(C(C)C)CC1. The van der Waals surface area contributed by atoms with Gasteiger partial charge in [-0.3, -0.25) is 4.99 Å². The highest BCUT2D eigenvalue weighted by Gasteiger charge is 2.21. The van der Waals surface area contributed by atoms with Gasteiger partial charge in [-0.1, -0.05) is 6.42 Å². The van der Waals surface area contributed by atoms with E-state index in [0.717, 1.165) is 25.1 Å². The van der Waals surface area contributed by atoms with Crippen LogP contribution in [0.2, 0.25) is 0 Å². The molecule has 0 amide bonds. The number of unbranched alkanes of at least 4 members (excludes halogenated alkanes) is 1. The van der Waals surface area contributed by atoms with Crippen molar-refractivity contribution in [1.29, 1.82) is 0 Å². The Morgan fingerprint density at radius 3 is 2.50 bits per heavy atom. The van der Waals surface area contributed by atoms with Crippen molar-refractivity contribution in [3.8, 4) is 0 Å². The third-order valence-electron chi connectivity index (χ3n) is 6.01. The summed E-state index contributed by atoms with van der Waals surface area (Å²) in [6, 6.07) is 2.01. The number of nitrogens with one attached hydrogen (secondary N) is 2. The number of hydrogen-bond acceptors (Lipinski definition) is 3. The van der Waals surface area contributed by atoms with E-state index in [1.54, 1.807) is 0 Å². The van der Waals surface area contributed by atoms with Gasteiger partial charge in [0.1, 0.15) is 0 Å². The highest BCUT2D eigenvalue weighted by atomic mass is 15.2. The summed E-state index contributed by atoms with van der Waals surface area (Å²) in [5, 5.41) is 7.09. The number of nitrogens with zero attached hydrogens (tertiary/aromatic N) is 3. The van der Waals surface area contributed by atoms with Gasteiger partial charge < -0.3 is 20.4 Å². The summed E-state index contributed by atoms with van der Waals surface area (Å²) in [6.07, 6.45) is 9.06. The third kappa shape index (κ3) is 7.43. The van der Waals surface area contributed by atoms with E-state index in [9.17, 15) is 0 Å². The zero-order valence-electron chi connectivity index (χ0n) is 17.8. The quantitative estimate of drug-likeness (QED) is 0.394. The van der Waals surface area contributed by atoms with E-state index in [4.69, 9.17) is 4.99 Å². The van der Waals surface area contributed by atoms with Crippen molar-refractivity contribution in [3.63, 3.8) is 0 Å². The van der Waals surface area contributed by atoms with Gasteiger partial charge in [0.25, 0.3) is 0 Å². The summed E-state index contributed by atoms with van der Waals surface area (Å²) in [6.45, 7) is 15.9. The lowest BCUT2D eigenvalue weighted by atomic mass is 10.0. The molecule has 1 atom stereocenters. The Hall–Kier alpha value is -0.810. The lowest BCUT2D eigenvalue weighted by Gasteiger charge is -2.35. The Balaban J connectivity index is 1.66. The minimum absolute atomic E-state index is 0.567. The van der Waals surface area contributed by atoms with Crippen LogP contribution < -0.4 is 10.6 Å². The third-order valence-corrected chi connectivity index (χ3v) is 6.01. The first kappa shape index (κ1) is 21.5. The first-order chi connectivity index (χ1) is 12.6. The molecule has 2 aliphatic rings. The maximum absolute atomic E-state index is 4.83. The Bertz CT molecular complexity index is 401. The maximum Gasteiger partial charge on any atom is 0.191 e. The van der Waals surface area contributed by atoms with E-state index in [1.165, 1.54) is 71.1 Å². The fourth-order valence-corrected chi connectivity index (χ4v) is 4.18. The molecule has 5 nitrogen and oxygen atoms in total. The molecule has 2 saturated heterocycles. The molecule has 0 aliphatic carbocycles. The number of hydrogen-bond donors (Lipinski definition) is 2. The predicted octanol–water partition coefficient (Wildman–Crippen LogP) is 3.07. The zero-order chi connectivity index (χ0) is 18.8. The second-order valence-corrected chi connectivity index (χ2v) is 8.40. The summed E-state index contributed by atoms with van der Waals surface area (Å²) >= 11 is 0. The molecule has 2 fully saturated rings. The molecule has 2 rings (SSSR count). The molecule has 0 spiro atoms. The second kappa shape index (κ2) is 11.8. The van der Waals surface area contributed by atoms with Crippen LogP contribution in [0.3, 0.4) is 0 Å². The van der Waals surface area contributed by atoms with Crippen molar-refractivity contribution >= 4 is 5.96 Å². The molecular formula is C21H43N5. The second-order valence-electron chi connectivity index (χ2n) is 8.40. The van der Waals surface area contributed by atoms with Crippen LogP contribution in [0.4, 0.5) is 0 Å². The van der Waals surface area contributed by atoms with E-state index in [-0.39, 0.29) is 0 Å². The molecule has 0 radical (unpaired) electrons. The molecule has 0 aromatic heterocycles. The van der Waals surface area contributed by atoms with Crippen molar-refractivity contribution in [1.82, 2.24) is 20.4 Å². The number of piperidine rings is 2. The minimum Gasteiger partial charge on any atom is -0.357 e. The number of aliphatic imine (C=N–C) groups is 1. The monoisotopic (exact) mass is 365 g/mol. The van der Waals surface area contributed by atoms with Gasteiger partial charge in [-0.25, -0.2) is 0 Å². The van der Waals surface area contributed by atoms with Crippen molar-refractivity contribution in [2.24, 2.45) is 4.99 Å². The zero-order valence-corrected chi connectivity index (χ0v) is 17.8. The van der Waals surface area contributed by atoms with Gasteiger partial charge >= 0.3 is 0 Å². The summed E-state index contributed by atoms with van der Waals surface area (Å²) in [5.41, 5.74) is 0. The lowest BCUT2D eigenvalue weighted by Crippen LogP contribution is -2.49. The van der Waals surface area contributed by atoms with Crippen LogP contribution >= 0.6 is 0 Å². The van der Waals surface area contributed by atoms with Crippen molar-refractivity contribution in [2.45, 2.75) is 90.8 Å². The highest BCUT2D eigenvalue weighted by Crippen LogP contribution is 2.16. The summed E-state index contributed by atoms with van der Waals surface area (Å²) in [4.78, 5) is 10.1. The Morgan fingerprint density at radius 2 is 1.85 bits per heavy atom. The number of rotatable bonds is 8. The molecule has 2 heterocycles. The van der Waals surface area contributed by atoms with E-state index < -0.39 is 0 Å². The average Bonchev–Trinajstić information content (AvgIpc) is 2.63. The maximum atomic E-state index is 4.83. The smallest absolute Gasteiger partial charge is 0.191 e. The van der Waals surface area contributed by atoms with Gasteiger partial charge in [0.05, 0.1) is 0 Å². The fraction of sp³-hybridized carbons (Fsp3) is 0.952. The standard InChI is InChI=1S/C21H43N5/c1-5-22-21(24-20-11-16-25(17-12-20)18(2)3)23-13-7-9-15-26-14-8-6-10-19(26)4/h18-20H,5-17H2,1-4H3,(H2,22,23,24). The summed E-state index contributed by atoms with van der Waals surface area (Å²) < 4.78 is 0. The minimum atomic E-state index is 0.567. The van der Waals surface area contributed by atoms with Gasteiger partial charge in [-0.2, -0.15) is 0 Å². The van der Waals surface area contributed by atoms with Crippen molar-refractivity contribution < 1.29 is 0 Å². The molecule has 0 saturated carbocycles. The first-order valence-corrected chi connectivity index (χ1v) is 11.1. The van der Waals surface area contributed by atoms with Gasteiger partial charge in [0.15, 0.2) is 5.96 Å². The molecule has 0 aromatic rings. The molecule has 1 unspecified atom stereocenters. The number of likely N-dealkylation sites (tertiary alicyclic amines) is 2. The Kier molecular flexibility index (Phi) is 9.76. The molecule has 0 bridgehead atoms. The van der Waals surface area contributed by atoms with Gasteiger partial charge in [0.2, 0.25) is 0 Å².